The normalized spacial score (nSPS) is 8.67. The smallest absolute Gasteiger partial charge is 0.203 e. The molecule has 0 aliphatic carbocycles. The Morgan fingerprint density at radius 1 is 0.867 bits per heavy atom. The van der Waals surface area contributed by atoms with Gasteiger partial charge in [0.05, 0.1) is 21.3 Å². The molecule has 86 valence electrons. The first-order chi connectivity index (χ1) is 7.22. The van der Waals surface area contributed by atoms with Gasteiger partial charge < -0.3 is 14.2 Å². The van der Waals surface area contributed by atoms with Crippen molar-refractivity contribution in [1.82, 2.24) is 0 Å². The Morgan fingerprint density at radius 3 is 1.53 bits per heavy atom. The monoisotopic (exact) mass is 230 g/mol. The quantitative estimate of drug-likeness (QED) is 0.747. The second-order valence-corrected chi connectivity index (χ2v) is 2.70. The molecule has 0 amide bonds. The molecule has 0 aliphatic rings. The van der Waals surface area contributed by atoms with E-state index in [-0.39, 0.29) is 0 Å². The van der Waals surface area contributed by atoms with Crippen LogP contribution in [0.25, 0.3) is 0 Å². The van der Waals surface area contributed by atoms with Gasteiger partial charge in [-0.1, -0.05) is 6.66 Å². The lowest BCUT2D eigenvalue weighted by Gasteiger charge is -2.12. The van der Waals surface area contributed by atoms with Gasteiger partial charge in [-0.2, -0.15) is 0 Å². The van der Waals surface area contributed by atoms with Crippen molar-refractivity contribution >= 4 is 9.24 Å². The second-order valence-electron chi connectivity index (χ2n) is 2.70. The van der Waals surface area contributed by atoms with E-state index in [0.717, 1.165) is 5.56 Å². The molecule has 1 aromatic carbocycles. The highest BCUT2D eigenvalue weighted by Gasteiger charge is 2.10. The Balaban J connectivity index is 0.000000921. The van der Waals surface area contributed by atoms with Crippen molar-refractivity contribution in [1.29, 1.82) is 0 Å². The SMILES string of the molecule is COc1cc(C)cc(OC)c1OC.CP. The Morgan fingerprint density at radius 2 is 1.27 bits per heavy atom. The Hall–Kier alpha value is -0.950. The summed E-state index contributed by atoms with van der Waals surface area (Å²) in [4.78, 5) is 0. The summed E-state index contributed by atoms with van der Waals surface area (Å²) in [6.07, 6.45) is 0. The summed E-state index contributed by atoms with van der Waals surface area (Å²) in [6, 6.07) is 3.81. The van der Waals surface area contributed by atoms with Gasteiger partial charge in [0.25, 0.3) is 0 Å². The first-order valence-electron chi connectivity index (χ1n) is 4.57. The topological polar surface area (TPSA) is 27.7 Å². The predicted molar refractivity (Wildman–Crippen MR) is 66.5 cm³/mol. The van der Waals surface area contributed by atoms with Gasteiger partial charge in [0.15, 0.2) is 11.5 Å². The third-order valence-corrected chi connectivity index (χ3v) is 1.81. The van der Waals surface area contributed by atoms with E-state index in [2.05, 4.69) is 9.24 Å². The van der Waals surface area contributed by atoms with Gasteiger partial charge in [-0.15, -0.1) is 9.24 Å². The van der Waals surface area contributed by atoms with Gasteiger partial charge in [-0.3, -0.25) is 0 Å². The van der Waals surface area contributed by atoms with Crippen LogP contribution in [0.2, 0.25) is 0 Å². The van der Waals surface area contributed by atoms with Gasteiger partial charge in [0, 0.05) is 0 Å². The van der Waals surface area contributed by atoms with Crippen molar-refractivity contribution in [3.63, 3.8) is 0 Å². The lowest BCUT2D eigenvalue weighted by Crippen LogP contribution is -1.95. The second kappa shape index (κ2) is 7.36. The molecule has 0 radical (unpaired) electrons. The van der Waals surface area contributed by atoms with E-state index >= 15 is 0 Å². The van der Waals surface area contributed by atoms with E-state index in [9.17, 15) is 0 Å². The summed E-state index contributed by atoms with van der Waals surface area (Å²) < 4.78 is 15.5. The maximum Gasteiger partial charge on any atom is 0.203 e. The average Bonchev–Trinajstić information content (AvgIpc) is 2.30. The summed E-state index contributed by atoms with van der Waals surface area (Å²) in [5.74, 6) is 2.02. The fourth-order valence-electron chi connectivity index (χ4n) is 1.21. The first kappa shape index (κ1) is 14.1. The highest BCUT2D eigenvalue weighted by molar-refractivity contribution is 7.15. The number of benzene rings is 1. The number of hydrogen-bond acceptors (Lipinski definition) is 3. The molecule has 0 saturated carbocycles. The Kier molecular flexibility index (Phi) is 6.89. The fourth-order valence-corrected chi connectivity index (χ4v) is 1.21. The molecule has 0 bridgehead atoms. The molecule has 1 atom stereocenters. The number of methoxy groups -OCH3 is 3. The molecule has 0 fully saturated rings. The van der Waals surface area contributed by atoms with Gasteiger partial charge in [0.1, 0.15) is 0 Å². The minimum absolute atomic E-state index is 0.635. The average molecular weight is 230 g/mol. The fraction of sp³-hybridized carbons (Fsp3) is 0.455. The van der Waals surface area contributed by atoms with Crippen molar-refractivity contribution in [2.45, 2.75) is 6.92 Å². The van der Waals surface area contributed by atoms with Crippen LogP contribution in [0.3, 0.4) is 0 Å². The zero-order valence-electron chi connectivity index (χ0n) is 9.96. The molecule has 1 unspecified atom stereocenters. The van der Waals surface area contributed by atoms with Crippen LogP contribution in [0.15, 0.2) is 12.1 Å². The molecule has 0 spiro atoms. The highest BCUT2D eigenvalue weighted by atomic mass is 31.0. The maximum absolute atomic E-state index is 5.16. The molecule has 0 heterocycles. The maximum atomic E-state index is 5.16. The molecule has 1 rings (SSSR count). The summed E-state index contributed by atoms with van der Waals surface area (Å²) in [6.45, 7) is 3.89. The minimum atomic E-state index is 0.635. The molecule has 4 heteroatoms. The highest BCUT2D eigenvalue weighted by Crippen LogP contribution is 2.37. The van der Waals surface area contributed by atoms with Gasteiger partial charge >= 0.3 is 0 Å². The third-order valence-electron chi connectivity index (χ3n) is 1.81. The molecular formula is C11H19O3P. The van der Waals surface area contributed by atoms with E-state index in [0.29, 0.717) is 17.2 Å². The van der Waals surface area contributed by atoms with Crippen LogP contribution in [0.4, 0.5) is 0 Å². The zero-order chi connectivity index (χ0) is 11.8. The summed E-state index contributed by atoms with van der Waals surface area (Å²) >= 11 is 0. The molecule has 3 nitrogen and oxygen atoms in total. The molecule has 0 saturated heterocycles. The van der Waals surface area contributed by atoms with Crippen molar-refractivity contribution in [3.8, 4) is 17.2 Å². The van der Waals surface area contributed by atoms with Gasteiger partial charge in [-0.05, 0) is 24.6 Å². The lowest BCUT2D eigenvalue weighted by molar-refractivity contribution is 0.324. The van der Waals surface area contributed by atoms with Crippen LogP contribution < -0.4 is 14.2 Å². The van der Waals surface area contributed by atoms with Crippen molar-refractivity contribution in [2.24, 2.45) is 0 Å². The number of rotatable bonds is 3. The van der Waals surface area contributed by atoms with E-state index in [4.69, 9.17) is 14.2 Å². The third kappa shape index (κ3) is 3.60. The minimum Gasteiger partial charge on any atom is -0.493 e. The van der Waals surface area contributed by atoms with E-state index in [1.807, 2.05) is 25.7 Å². The van der Waals surface area contributed by atoms with Crippen molar-refractivity contribution < 1.29 is 14.2 Å². The standard InChI is InChI=1S/C10H14O3.CH5P/c1-7-5-8(11-2)10(13-4)9(6-7)12-3;1-2/h5-6H,1-4H3;2H2,1H3. The number of hydrogen-bond donors (Lipinski definition) is 0. The van der Waals surface area contributed by atoms with E-state index in [1.54, 1.807) is 21.3 Å². The molecular weight excluding hydrogens is 211 g/mol. The first-order valence-corrected chi connectivity index (χ1v) is 5.72. The molecule has 0 aromatic heterocycles. The van der Waals surface area contributed by atoms with Crippen LogP contribution in [-0.2, 0) is 0 Å². The number of aryl methyl sites for hydroxylation is 1. The van der Waals surface area contributed by atoms with Crippen molar-refractivity contribution in [3.05, 3.63) is 17.7 Å². The molecule has 15 heavy (non-hydrogen) atoms. The lowest BCUT2D eigenvalue weighted by atomic mass is 10.2. The van der Waals surface area contributed by atoms with Crippen LogP contribution in [0, 0.1) is 6.92 Å². The summed E-state index contributed by atoms with van der Waals surface area (Å²) in [5, 5.41) is 0. The Labute approximate surface area is 93.9 Å². The predicted octanol–water partition coefficient (Wildman–Crippen LogP) is 2.51. The van der Waals surface area contributed by atoms with Crippen LogP contribution in [0.1, 0.15) is 5.56 Å². The van der Waals surface area contributed by atoms with Crippen LogP contribution >= 0.6 is 9.24 Å². The van der Waals surface area contributed by atoms with Crippen LogP contribution in [0.5, 0.6) is 17.2 Å². The molecule has 0 aliphatic heterocycles. The van der Waals surface area contributed by atoms with E-state index < -0.39 is 0 Å². The van der Waals surface area contributed by atoms with Crippen LogP contribution in [-0.4, -0.2) is 28.0 Å². The Bertz CT molecular complexity index is 275. The summed E-state index contributed by atoms with van der Waals surface area (Å²) in [7, 11) is 7.23. The van der Waals surface area contributed by atoms with Gasteiger partial charge in [-0.25, -0.2) is 0 Å². The zero-order valence-corrected chi connectivity index (χ0v) is 11.1. The van der Waals surface area contributed by atoms with E-state index in [1.165, 1.54) is 0 Å². The largest absolute Gasteiger partial charge is 0.493 e. The molecule has 0 N–H and O–H groups in total. The molecule has 1 aromatic rings. The summed E-state index contributed by atoms with van der Waals surface area (Å²) in [5.41, 5.74) is 1.08. The van der Waals surface area contributed by atoms with Gasteiger partial charge in [0.2, 0.25) is 5.75 Å². The van der Waals surface area contributed by atoms with Crippen molar-refractivity contribution in [2.75, 3.05) is 28.0 Å². The number of ether oxygens (including phenoxy) is 3.